The quantitative estimate of drug-likeness (QED) is 0.458. The van der Waals surface area contributed by atoms with Crippen molar-refractivity contribution in [2.24, 2.45) is 5.18 Å². The van der Waals surface area contributed by atoms with E-state index in [4.69, 9.17) is 0 Å². The monoisotopic (exact) mass is 234 g/mol. The predicted octanol–water partition coefficient (Wildman–Crippen LogP) is 1.51. The molecule has 0 spiro atoms. The number of nitroso groups, excluding NO2 is 1. The van der Waals surface area contributed by atoms with E-state index >= 15 is 0 Å². The van der Waals surface area contributed by atoms with Crippen LogP contribution in [0.3, 0.4) is 0 Å². The number of hydrogen-bond donors (Lipinski definition) is 1. The zero-order chi connectivity index (χ0) is 12.7. The highest BCUT2D eigenvalue weighted by molar-refractivity contribution is 6.03. The van der Waals surface area contributed by atoms with Crippen molar-refractivity contribution in [2.75, 3.05) is 5.32 Å². The highest BCUT2D eigenvalue weighted by Crippen LogP contribution is 2.17. The number of carbonyl (C=O) groups excluding carboxylic acids is 3. The van der Waals surface area contributed by atoms with Crippen LogP contribution in [0.25, 0.3) is 0 Å². The summed E-state index contributed by atoms with van der Waals surface area (Å²) in [5, 5.41) is 4.59. The lowest BCUT2D eigenvalue weighted by molar-refractivity contribution is -0.117. The fourth-order valence-electron chi connectivity index (χ4n) is 1.32. The summed E-state index contributed by atoms with van der Waals surface area (Å²) in [6.45, 7) is 0. The van der Waals surface area contributed by atoms with Gasteiger partial charge in [-0.25, -0.2) is 0 Å². The molecule has 17 heavy (non-hydrogen) atoms. The molecule has 0 saturated carbocycles. The maximum absolute atomic E-state index is 11.7. The van der Waals surface area contributed by atoms with Crippen molar-refractivity contribution in [1.82, 2.24) is 0 Å². The Labute approximate surface area is 97.0 Å². The molecular weight excluding hydrogens is 224 g/mol. The molecular formula is C11H10N2O4. The van der Waals surface area contributed by atoms with E-state index in [0.717, 1.165) is 0 Å². The number of nitrogens with zero attached hydrogens (tertiary/aromatic N) is 1. The molecule has 0 aromatic heterocycles. The Hall–Kier alpha value is -2.37. The molecule has 2 amide bonds. The first kappa shape index (κ1) is 12.7. The minimum Gasteiger partial charge on any atom is -0.328 e. The molecule has 1 aromatic carbocycles. The standard InChI is InChI=1S/C11H10N2O4/c14-7-12-9-4-2-1-3-8(9)10(15)5-6-11(16)13-17/h1-4,7H,5-6H2,(H,12,14). The molecule has 6 nitrogen and oxygen atoms in total. The lowest BCUT2D eigenvalue weighted by Crippen LogP contribution is -2.07. The molecule has 0 aliphatic heterocycles. The minimum atomic E-state index is -0.862. The summed E-state index contributed by atoms with van der Waals surface area (Å²) in [7, 11) is 0. The number of ketones is 1. The average molecular weight is 234 g/mol. The van der Waals surface area contributed by atoms with Crippen LogP contribution in [0.1, 0.15) is 23.2 Å². The van der Waals surface area contributed by atoms with Crippen molar-refractivity contribution in [1.29, 1.82) is 0 Å². The van der Waals surface area contributed by atoms with Crippen LogP contribution in [-0.2, 0) is 9.59 Å². The zero-order valence-electron chi connectivity index (χ0n) is 8.88. The number of para-hydroxylation sites is 1. The minimum absolute atomic E-state index is 0.109. The second-order valence-electron chi connectivity index (χ2n) is 3.22. The topological polar surface area (TPSA) is 92.7 Å². The molecule has 0 heterocycles. The first-order valence-electron chi connectivity index (χ1n) is 4.87. The summed E-state index contributed by atoms with van der Waals surface area (Å²) in [4.78, 5) is 42.5. The number of anilines is 1. The summed E-state index contributed by atoms with van der Waals surface area (Å²) < 4.78 is 0. The van der Waals surface area contributed by atoms with Gasteiger partial charge in [-0.05, 0) is 12.1 Å². The zero-order valence-corrected chi connectivity index (χ0v) is 8.88. The highest BCUT2D eigenvalue weighted by atomic mass is 16.3. The summed E-state index contributed by atoms with van der Waals surface area (Å²) in [5.74, 6) is -1.19. The van der Waals surface area contributed by atoms with Crippen molar-refractivity contribution in [2.45, 2.75) is 12.8 Å². The van der Waals surface area contributed by atoms with Crippen LogP contribution in [-0.4, -0.2) is 18.1 Å². The Morgan fingerprint density at radius 1 is 1.24 bits per heavy atom. The Kier molecular flexibility index (Phi) is 4.68. The molecule has 0 bridgehead atoms. The smallest absolute Gasteiger partial charge is 0.286 e. The Bertz CT molecular complexity index is 457. The van der Waals surface area contributed by atoms with E-state index in [1.165, 1.54) is 6.07 Å². The molecule has 1 N–H and O–H groups in total. The molecule has 0 radical (unpaired) electrons. The van der Waals surface area contributed by atoms with E-state index in [2.05, 4.69) is 10.5 Å². The lowest BCUT2D eigenvalue weighted by atomic mass is 10.0. The van der Waals surface area contributed by atoms with Crippen molar-refractivity contribution < 1.29 is 14.4 Å². The molecule has 6 heteroatoms. The number of rotatable bonds is 6. The third-order valence-electron chi connectivity index (χ3n) is 2.11. The molecule has 1 aromatic rings. The molecule has 1 rings (SSSR count). The predicted molar refractivity (Wildman–Crippen MR) is 60.5 cm³/mol. The number of amides is 2. The fraction of sp³-hybridized carbons (Fsp3) is 0.182. The fourth-order valence-corrected chi connectivity index (χ4v) is 1.32. The van der Waals surface area contributed by atoms with Gasteiger partial charge in [0.25, 0.3) is 5.91 Å². The molecule has 0 fully saturated rings. The molecule has 0 saturated heterocycles. The Balaban J connectivity index is 2.77. The van der Waals surface area contributed by atoms with Gasteiger partial charge >= 0.3 is 0 Å². The summed E-state index contributed by atoms with van der Waals surface area (Å²) in [5.41, 5.74) is 0.678. The maximum Gasteiger partial charge on any atom is 0.286 e. The van der Waals surface area contributed by atoms with Gasteiger partial charge < -0.3 is 5.32 Å². The van der Waals surface area contributed by atoms with E-state index < -0.39 is 5.91 Å². The lowest BCUT2D eigenvalue weighted by Gasteiger charge is -2.05. The van der Waals surface area contributed by atoms with Crippen LogP contribution in [0.15, 0.2) is 29.4 Å². The van der Waals surface area contributed by atoms with Gasteiger partial charge in [0.1, 0.15) is 0 Å². The molecule has 88 valence electrons. The summed E-state index contributed by atoms with van der Waals surface area (Å²) in [6, 6.07) is 6.41. The van der Waals surface area contributed by atoms with Gasteiger partial charge in [0.2, 0.25) is 6.41 Å². The van der Waals surface area contributed by atoms with E-state index in [0.29, 0.717) is 17.7 Å². The average Bonchev–Trinajstić information content (AvgIpc) is 2.36. The van der Waals surface area contributed by atoms with Crippen LogP contribution < -0.4 is 5.32 Å². The normalized spacial score (nSPS) is 9.41. The Morgan fingerprint density at radius 3 is 2.59 bits per heavy atom. The van der Waals surface area contributed by atoms with Gasteiger partial charge in [-0.15, -0.1) is 4.91 Å². The van der Waals surface area contributed by atoms with E-state index in [1.54, 1.807) is 18.2 Å². The van der Waals surface area contributed by atoms with Crippen molar-refractivity contribution in [3.8, 4) is 0 Å². The van der Waals surface area contributed by atoms with Gasteiger partial charge in [-0.1, -0.05) is 12.1 Å². The Morgan fingerprint density at radius 2 is 1.94 bits per heavy atom. The highest BCUT2D eigenvalue weighted by Gasteiger charge is 2.12. The summed E-state index contributed by atoms with van der Waals surface area (Å²) in [6.07, 6.45) is 0.129. The van der Waals surface area contributed by atoms with Crippen LogP contribution >= 0.6 is 0 Å². The van der Waals surface area contributed by atoms with Crippen LogP contribution in [0.2, 0.25) is 0 Å². The van der Waals surface area contributed by atoms with Gasteiger partial charge in [0, 0.05) is 23.6 Å². The van der Waals surface area contributed by atoms with Crippen molar-refractivity contribution in [3.05, 3.63) is 34.7 Å². The largest absolute Gasteiger partial charge is 0.328 e. The van der Waals surface area contributed by atoms with Gasteiger partial charge in [-0.3, -0.25) is 14.4 Å². The number of carbonyl (C=O) groups is 3. The first-order valence-corrected chi connectivity index (χ1v) is 4.87. The number of benzene rings is 1. The molecule has 0 aliphatic rings. The van der Waals surface area contributed by atoms with E-state index in [-0.39, 0.29) is 18.6 Å². The maximum atomic E-state index is 11.7. The SMILES string of the molecule is O=CNc1ccccc1C(=O)CCC(=O)N=O. The van der Waals surface area contributed by atoms with Gasteiger partial charge in [-0.2, -0.15) is 0 Å². The van der Waals surface area contributed by atoms with E-state index in [1.807, 2.05) is 0 Å². The molecule has 0 atom stereocenters. The van der Waals surface area contributed by atoms with Gasteiger partial charge in [0.05, 0.1) is 5.69 Å². The second kappa shape index (κ2) is 6.26. The number of Topliss-reactive ketones (excluding diaryl/α,β-unsaturated/α-hetero) is 1. The molecule has 0 unspecified atom stereocenters. The van der Waals surface area contributed by atoms with Crippen LogP contribution in [0, 0.1) is 4.91 Å². The van der Waals surface area contributed by atoms with Crippen molar-refractivity contribution >= 4 is 23.8 Å². The second-order valence-corrected chi connectivity index (χ2v) is 3.22. The first-order chi connectivity index (χ1) is 8.19. The third-order valence-corrected chi connectivity index (χ3v) is 2.11. The van der Waals surface area contributed by atoms with Crippen LogP contribution in [0.4, 0.5) is 5.69 Å². The molecule has 0 aliphatic carbocycles. The summed E-state index contributed by atoms with van der Waals surface area (Å²) >= 11 is 0. The van der Waals surface area contributed by atoms with E-state index in [9.17, 15) is 19.3 Å². The number of hydrogen-bond acceptors (Lipinski definition) is 4. The van der Waals surface area contributed by atoms with Gasteiger partial charge in [0.15, 0.2) is 5.78 Å². The number of nitrogens with one attached hydrogen (secondary N) is 1. The van der Waals surface area contributed by atoms with Crippen molar-refractivity contribution in [3.63, 3.8) is 0 Å². The van der Waals surface area contributed by atoms with Crippen LogP contribution in [0.5, 0.6) is 0 Å². The third kappa shape index (κ3) is 3.60.